The molecule has 92 valence electrons. The van der Waals surface area contributed by atoms with Crippen molar-refractivity contribution in [2.75, 3.05) is 0 Å². The standard InChI is InChI=1S/C9H17N3O4/c1-4(2)7(11)8(14)12-5(9(15)16)3-6(10)13/h4-5,7H,3,11H2,1-2H3,(H2,10,13)(H,12,14)(H,15,16)/t5-,7+/m0/s1. The number of primary amides is 1. The summed E-state index contributed by atoms with van der Waals surface area (Å²) in [6.07, 6.45) is -0.452. The summed E-state index contributed by atoms with van der Waals surface area (Å²) in [4.78, 5) is 32.7. The molecule has 0 saturated carbocycles. The lowest BCUT2D eigenvalue weighted by molar-refractivity contribution is -0.143. The van der Waals surface area contributed by atoms with Gasteiger partial charge < -0.3 is 21.9 Å². The van der Waals surface area contributed by atoms with Crippen LogP contribution in [0.1, 0.15) is 20.3 Å². The van der Waals surface area contributed by atoms with Crippen LogP contribution in [0.15, 0.2) is 0 Å². The van der Waals surface area contributed by atoms with E-state index in [1.807, 2.05) is 0 Å². The van der Waals surface area contributed by atoms with E-state index in [-0.39, 0.29) is 5.92 Å². The van der Waals surface area contributed by atoms with Crippen LogP contribution >= 0.6 is 0 Å². The van der Waals surface area contributed by atoms with E-state index < -0.39 is 36.3 Å². The van der Waals surface area contributed by atoms with Crippen molar-refractivity contribution in [1.29, 1.82) is 0 Å². The zero-order valence-corrected chi connectivity index (χ0v) is 9.27. The van der Waals surface area contributed by atoms with Crippen molar-refractivity contribution >= 4 is 17.8 Å². The monoisotopic (exact) mass is 231 g/mol. The number of hydrogen-bond acceptors (Lipinski definition) is 4. The predicted octanol–water partition coefficient (Wildman–Crippen LogP) is -1.59. The van der Waals surface area contributed by atoms with Gasteiger partial charge in [0.25, 0.3) is 0 Å². The molecule has 0 rings (SSSR count). The van der Waals surface area contributed by atoms with E-state index in [0.29, 0.717) is 0 Å². The minimum absolute atomic E-state index is 0.122. The van der Waals surface area contributed by atoms with Crippen molar-refractivity contribution < 1.29 is 19.5 Å². The highest BCUT2D eigenvalue weighted by molar-refractivity contribution is 5.90. The van der Waals surface area contributed by atoms with Crippen molar-refractivity contribution in [3.8, 4) is 0 Å². The molecule has 0 aromatic rings. The Hall–Kier alpha value is -1.63. The number of nitrogens with one attached hydrogen (secondary N) is 1. The third-order valence-corrected chi connectivity index (χ3v) is 2.04. The zero-order valence-electron chi connectivity index (χ0n) is 9.27. The summed E-state index contributed by atoms with van der Waals surface area (Å²) in [6, 6.07) is -2.13. The third kappa shape index (κ3) is 4.74. The van der Waals surface area contributed by atoms with Gasteiger partial charge in [-0.15, -0.1) is 0 Å². The first-order chi connectivity index (χ1) is 7.25. The minimum atomic E-state index is -1.32. The Morgan fingerprint density at radius 2 is 1.81 bits per heavy atom. The molecular weight excluding hydrogens is 214 g/mol. The van der Waals surface area contributed by atoms with Gasteiger partial charge in [-0.2, -0.15) is 0 Å². The van der Waals surface area contributed by atoms with Crippen molar-refractivity contribution in [1.82, 2.24) is 5.32 Å². The van der Waals surface area contributed by atoms with E-state index in [1.165, 1.54) is 0 Å². The molecule has 0 bridgehead atoms. The normalized spacial score (nSPS) is 14.2. The largest absolute Gasteiger partial charge is 0.480 e. The lowest BCUT2D eigenvalue weighted by Gasteiger charge is -2.18. The highest BCUT2D eigenvalue weighted by Gasteiger charge is 2.25. The number of aliphatic carboxylic acids is 1. The lowest BCUT2D eigenvalue weighted by atomic mass is 10.0. The molecule has 0 saturated heterocycles. The van der Waals surface area contributed by atoms with E-state index in [1.54, 1.807) is 13.8 Å². The number of carbonyl (C=O) groups excluding carboxylic acids is 2. The second-order valence-corrected chi connectivity index (χ2v) is 3.84. The van der Waals surface area contributed by atoms with Crippen LogP contribution in [-0.2, 0) is 14.4 Å². The van der Waals surface area contributed by atoms with Crippen LogP contribution in [0.2, 0.25) is 0 Å². The zero-order chi connectivity index (χ0) is 12.9. The summed E-state index contributed by atoms with van der Waals surface area (Å²) in [5.74, 6) is -2.85. The molecule has 2 amide bonds. The van der Waals surface area contributed by atoms with Gasteiger partial charge >= 0.3 is 5.97 Å². The smallest absolute Gasteiger partial charge is 0.326 e. The number of amides is 2. The molecule has 0 radical (unpaired) electrons. The van der Waals surface area contributed by atoms with E-state index in [9.17, 15) is 14.4 Å². The fourth-order valence-electron chi connectivity index (χ4n) is 0.972. The molecule has 16 heavy (non-hydrogen) atoms. The van der Waals surface area contributed by atoms with E-state index in [4.69, 9.17) is 16.6 Å². The average molecular weight is 231 g/mol. The van der Waals surface area contributed by atoms with Crippen molar-refractivity contribution in [2.24, 2.45) is 17.4 Å². The molecule has 7 nitrogen and oxygen atoms in total. The summed E-state index contributed by atoms with van der Waals surface area (Å²) in [5.41, 5.74) is 10.4. The van der Waals surface area contributed by atoms with Crippen LogP contribution in [0.3, 0.4) is 0 Å². The van der Waals surface area contributed by atoms with Gasteiger partial charge in [0, 0.05) is 0 Å². The first-order valence-corrected chi connectivity index (χ1v) is 4.82. The number of nitrogens with two attached hydrogens (primary N) is 2. The number of carboxylic acid groups (broad SMARTS) is 1. The number of rotatable bonds is 6. The number of carbonyl (C=O) groups is 3. The first kappa shape index (κ1) is 14.4. The average Bonchev–Trinajstić information content (AvgIpc) is 2.14. The summed E-state index contributed by atoms with van der Waals surface area (Å²) in [5, 5.41) is 10.9. The van der Waals surface area contributed by atoms with Gasteiger partial charge in [-0.25, -0.2) is 4.79 Å². The van der Waals surface area contributed by atoms with Gasteiger partial charge in [0.2, 0.25) is 11.8 Å². The molecular formula is C9H17N3O4. The third-order valence-electron chi connectivity index (χ3n) is 2.04. The Labute approximate surface area is 93.2 Å². The SMILES string of the molecule is CC(C)[C@@H](N)C(=O)N[C@@H](CC(N)=O)C(=O)O. The molecule has 0 spiro atoms. The summed E-state index contributed by atoms with van der Waals surface area (Å²) in [6.45, 7) is 3.46. The molecule has 0 fully saturated rings. The van der Waals surface area contributed by atoms with Gasteiger partial charge in [-0.1, -0.05) is 13.8 Å². The highest BCUT2D eigenvalue weighted by atomic mass is 16.4. The highest BCUT2D eigenvalue weighted by Crippen LogP contribution is 2.00. The molecule has 0 aromatic heterocycles. The molecule has 2 atom stereocenters. The molecule has 0 unspecified atom stereocenters. The molecule has 0 aliphatic carbocycles. The summed E-state index contributed by atoms with van der Waals surface area (Å²) < 4.78 is 0. The summed E-state index contributed by atoms with van der Waals surface area (Å²) >= 11 is 0. The quantitative estimate of drug-likeness (QED) is 0.437. The minimum Gasteiger partial charge on any atom is -0.480 e. The van der Waals surface area contributed by atoms with Crippen molar-refractivity contribution in [2.45, 2.75) is 32.4 Å². The maximum absolute atomic E-state index is 11.4. The van der Waals surface area contributed by atoms with Gasteiger partial charge in [0.1, 0.15) is 6.04 Å². The second-order valence-electron chi connectivity index (χ2n) is 3.84. The van der Waals surface area contributed by atoms with Crippen LogP contribution in [0.5, 0.6) is 0 Å². The van der Waals surface area contributed by atoms with Gasteiger partial charge in [-0.05, 0) is 5.92 Å². The fourth-order valence-corrected chi connectivity index (χ4v) is 0.972. The molecule has 0 aliphatic heterocycles. The summed E-state index contributed by atoms with van der Waals surface area (Å²) in [7, 11) is 0. The van der Waals surface area contributed by atoms with Crippen LogP contribution < -0.4 is 16.8 Å². The Bertz CT molecular complexity index is 290. The maximum Gasteiger partial charge on any atom is 0.326 e. The van der Waals surface area contributed by atoms with Gasteiger partial charge in [0.15, 0.2) is 0 Å². The van der Waals surface area contributed by atoms with Crippen LogP contribution in [0.4, 0.5) is 0 Å². The van der Waals surface area contributed by atoms with Crippen LogP contribution in [0, 0.1) is 5.92 Å². The van der Waals surface area contributed by atoms with E-state index in [0.717, 1.165) is 0 Å². The molecule has 6 N–H and O–H groups in total. The lowest BCUT2D eigenvalue weighted by Crippen LogP contribution is -2.51. The molecule has 0 aromatic carbocycles. The Balaban J connectivity index is 4.46. The van der Waals surface area contributed by atoms with Crippen molar-refractivity contribution in [3.05, 3.63) is 0 Å². The van der Waals surface area contributed by atoms with Gasteiger partial charge in [0.05, 0.1) is 12.5 Å². The Morgan fingerprint density at radius 1 is 1.31 bits per heavy atom. The fraction of sp³-hybridized carbons (Fsp3) is 0.667. The number of hydrogen-bond donors (Lipinski definition) is 4. The predicted molar refractivity (Wildman–Crippen MR) is 56.2 cm³/mol. The van der Waals surface area contributed by atoms with E-state index in [2.05, 4.69) is 5.32 Å². The molecule has 0 aliphatic rings. The maximum atomic E-state index is 11.4. The van der Waals surface area contributed by atoms with Crippen LogP contribution in [0.25, 0.3) is 0 Å². The first-order valence-electron chi connectivity index (χ1n) is 4.82. The van der Waals surface area contributed by atoms with E-state index >= 15 is 0 Å². The Morgan fingerprint density at radius 3 is 2.12 bits per heavy atom. The molecule has 0 heterocycles. The van der Waals surface area contributed by atoms with Crippen LogP contribution in [-0.4, -0.2) is 35.0 Å². The second kappa shape index (κ2) is 6.06. The topological polar surface area (TPSA) is 136 Å². The number of carboxylic acids is 1. The molecule has 7 heteroatoms. The Kier molecular flexibility index (Phi) is 5.44. The van der Waals surface area contributed by atoms with Crippen molar-refractivity contribution in [3.63, 3.8) is 0 Å². The van der Waals surface area contributed by atoms with Gasteiger partial charge in [-0.3, -0.25) is 9.59 Å².